The molecule has 1 aliphatic rings. The predicted molar refractivity (Wildman–Crippen MR) is 121 cm³/mol. The molecule has 0 aliphatic carbocycles. The summed E-state index contributed by atoms with van der Waals surface area (Å²) >= 11 is 5.94. The molecule has 1 aliphatic heterocycles. The number of pyridine rings is 1. The van der Waals surface area contributed by atoms with Gasteiger partial charge in [0.25, 0.3) is 0 Å². The van der Waals surface area contributed by atoms with E-state index in [0.717, 1.165) is 58.4 Å². The smallest absolute Gasteiger partial charge is 0.304 e. The average Bonchev–Trinajstić information content (AvgIpc) is 2.77. The van der Waals surface area contributed by atoms with Crippen LogP contribution in [0.2, 0.25) is 5.02 Å². The van der Waals surface area contributed by atoms with Gasteiger partial charge in [-0.2, -0.15) is 0 Å². The Morgan fingerprint density at radius 3 is 2.71 bits per heavy atom. The second kappa shape index (κ2) is 9.50. The van der Waals surface area contributed by atoms with Gasteiger partial charge >= 0.3 is 5.97 Å². The summed E-state index contributed by atoms with van der Waals surface area (Å²) in [6.07, 6.45) is 1.01. The molecule has 0 bridgehead atoms. The number of hydrogen-bond donors (Lipinski definition) is 1. The SMILES string of the molecule is Cc1cc(-c2ccc3c(n2)CCN(CCC(=O)O)C3)ccc1OCc1ccc(Cl)cc1. The Morgan fingerprint density at radius 2 is 1.97 bits per heavy atom. The van der Waals surface area contributed by atoms with Crippen LogP contribution in [-0.4, -0.2) is 34.0 Å². The van der Waals surface area contributed by atoms with Crippen molar-refractivity contribution >= 4 is 17.6 Å². The zero-order chi connectivity index (χ0) is 21.8. The molecule has 0 amide bonds. The van der Waals surface area contributed by atoms with E-state index >= 15 is 0 Å². The first-order chi connectivity index (χ1) is 15.0. The van der Waals surface area contributed by atoms with Gasteiger partial charge in [-0.1, -0.05) is 29.8 Å². The molecule has 0 radical (unpaired) electrons. The molecule has 2 aromatic carbocycles. The van der Waals surface area contributed by atoms with E-state index in [-0.39, 0.29) is 6.42 Å². The van der Waals surface area contributed by atoms with Gasteiger partial charge in [0, 0.05) is 42.3 Å². The van der Waals surface area contributed by atoms with E-state index in [1.54, 1.807) is 0 Å². The van der Waals surface area contributed by atoms with Gasteiger partial charge in [-0.15, -0.1) is 0 Å². The number of carbonyl (C=O) groups is 1. The first-order valence-electron chi connectivity index (χ1n) is 10.4. The molecular formula is C25H25ClN2O3. The number of aliphatic carboxylic acids is 1. The summed E-state index contributed by atoms with van der Waals surface area (Å²) in [4.78, 5) is 17.9. The van der Waals surface area contributed by atoms with Crippen molar-refractivity contribution in [2.45, 2.75) is 32.9 Å². The minimum Gasteiger partial charge on any atom is -0.489 e. The highest BCUT2D eigenvalue weighted by molar-refractivity contribution is 6.30. The van der Waals surface area contributed by atoms with E-state index in [4.69, 9.17) is 26.4 Å². The number of aryl methyl sites for hydroxylation is 1. The number of ether oxygens (including phenoxy) is 1. The molecule has 0 unspecified atom stereocenters. The number of aromatic nitrogens is 1. The molecule has 0 spiro atoms. The lowest BCUT2D eigenvalue weighted by Gasteiger charge is -2.27. The highest BCUT2D eigenvalue weighted by atomic mass is 35.5. The monoisotopic (exact) mass is 436 g/mol. The summed E-state index contributed by atoms with van der Waals surface area (Å²) < 4.78 is 5.98. The Labute approximate surface area is 187 Å². The van der Waals surface area contributed by atoms with Crippen molar-refractivity contribution in [3.8, 4) is 17.0 Å². The Hall–Kier alpha value is -2.89. The Kier molecular flexibility index (Phi) is 6.54. The van der Waals surface area contributed by atoms with Crippen LogP contribution in [-0.2, 0) is 24.4 Å². The molecule has 31 heavy (non-hydrogen) atoms. The van der Waals surface area contributed by atoms with Gasteiger partial charge < -0.3 is 9.84 Å². The van der Waals surface area contributed by atoms with Crippen LogP contribution in [0.1, 0.15) is 28.8 Å². The third-order valence-electron chi connectivity index (χ3n) is 5.55. The molecule has 160 valence electrons. The Morgan fingerprint density at radius 1 is 1.16 bits per heavy atom. The van der Waals surface area contributed by atoms with Crippen LogP contribution < -0.4 is 4.74 Å². The normalized spacial score (nSPS) is 13.6. The number of hydrogen-bond acceptors (Lipinski definition) is 4. The summed E-state index contributed by atoms with van der Waals surface area (Å²) in [7, 11) is 0. The van der Waals surface area contributed by atoms with E-state index < -0.39 is 5.97 Å². The highest BCUT2D eigenvalue weighted by Crippen LogP contribution is 2.28. The van der Waals surface area contributed by atoms with Crippen molar-refractivity contribution in [3.05, 3.63) is 82.0 Å². The maximum absolute atomic E-state index is 10.8. The van der Waals surface area contributed by atoms with Gasteiger partial charge in [0.15, 0.2) is 0 Å². The first-order valence-corrected chi connectivity index (χ1v) is 10.8. The fraction of sp³-hybridized carbons (Fsp3) is 0.280. The molecular weight excluding hydrogens is 412 g/mol. The van der Waals surface area contributed by atoms with Crippen molar-refractivity contribution in [1.29, 1.82) is 0 Å². The van der Waals surface area contributed by atoms with E-state index in [1.807, 2.05) is 49.4 Å². The summed E-state index contributed by atoms with van der Waals surface area (Å²) in [6.45, 7) is 4.71. The van der Waals surface area contributed by atoms with Crippen molar-refractivity contribution in [2.24, 2.45) is 0 Å². The third-order valence-corrected chi connectivity index (χ3v) is 5.80. The third kappa shape index (κ3) is 5.43. The standard InChI is InChI=1S/C25H25ClN2O3/c1-17-14-19(5-9-24(17)31-16-18-2-6-21(26)7-3-18)22-8-4-20-15-28(13-11-25(29)30)12-10-23(20)27-22/h2-9,14H,10-13,15-16H2,1H3,(H,29,30). The van der Waals surface area contributed by atoms with Crippen LogP contribution in [0.4, 0.5) is 0 Å². The molecule has 5 nitrogen and oxygen atoms in total. The van der Waals surface area contributed by atoms with Gasteiger partial charge in [-0.05, 0) is 60.0 Å². The maximum atomic E-state index is 10.8. The van der Waals surface area contributed by atoms with Gasteiger partial charge in [-0.3, -0.25) is 14.7 Å². The van der Waals surface area contributed by atoms with Crippen molar-refractivity contribution in [1.82, 2.24) is 9.88 Å². The fourth-order valence-corrected chi connectivity index (χ4v) is 3.92. The second-order valence-corrected chi connectivity index (χ2v) is 8.30. The number of benzene rings is 2. The minimum atomic E-state index is -0.754. The molecule has 0 saturated heterocycles. The Balaban J connectivity index is 1.43. The van der Waals surface area contributed by atoms with E-state index in [2.05, 4.69) is 17.0 Å². The van der Waals surface area contributed by atoms with Crippen molar-refractivity contribution < 1.29 is 14.6 Å². The van der Waals surface area contributed by atoms with E-state index in [9.17, 15) is 4.79 Å². The predicted octanol–water partition coefficient (Wildman–Crippen LogP) is 5.12. The van der Waals surface area contributed by atoms with Gasteiger partial charge in [0.1, 0.15) is 12.4 Å². The molecule has 2 heterocycles. The van der Waals surface area contributed by atoms with E-state index in [0.29, 0.717) is 13.2 Å². The number of halogens is 1. The van der Waals surface area contributed by atoms with Crippen molar-refractivity contribution in [3.63, 3.8) is 0 Å². The van der Waals surface area contributed by atoms with E-state index in [1.165, 1.54) is 5.56 Å². The van der Waals surface area contributed by atoms with Gasteiger partial charge in [-0.25, -0.2) is 0 Å². The molecule has 1 N–H and O–H groups in total. The molecule has 0 saturated carbocycles. The van der Waals surface area contributed by atoms with Crippen LogP contribution in [0, 0.1) is 6.92 Å². The van der Waals surface area contributed by atoms with Crippen LogP contribution in [0.25, 0.3) is 11.3 Å². The van der Waals surface area contributed by atoms with Crippen LogP contribution >= 0.6 is 11.6 Å². The lowest BCUT2D eigenvalue weighted by Crippen LogP contribution is -2.32. The quantitative estimate of drug-likeness (QED) is 0.556. The number of rotatable bonds is 7. The number of carboxylic acids is 1. The fourth-order valence-electron chi connectivity index (χ4n) is 3.79. The number of fused-ring (bicyclic) bond motifs is 1. The topological polar surface area (TPSA) is 62.7 Å². The van der Waals surface area contributed by atoms with Crippen LogP contribution in [0.15, 0.2) is 54.6 Å². The molecule has 1 aromatic heterocycles. The van der Waals surface area contributed by atoms with Crippen molar-refractivity contribution in [2.75, 3.05) is 13.1 Å². The number of nitrogens with zero attached hydrogens (tertiary/aromatic N) is 2. The number of carboxylic acid groups (broad SMARTS) is 1. The second-order valence-electron chi connectivity index (χ2n) is 7.87. The first kappa shape index (κ1) is 21.3. The van der Waals surface area contributed by atoms with Gasteiger partial charge in [0.2, 0.25) is 0 Å². The van der Waals surface area contributed by atoms with Crippen LogP contribution in [0.5, 0.6) is 5.75 Å². The molecule has 6 heteroatoms. The Bertz CT molecular complexity index is 1080. The summed E-state index contributed by atoms with van der Waals surface area (Å²) in [6, 6.07) is 18.0. The summed E-state index contributed by atoms with van der Waals surface area (Å²) in [5.74, 6) is 0.0981. The maximum Gasteiger partial charge on any atom is 0.304 e. The van der Waals surface area contributed by atoms with Gasteiger partial charge in [0.05, 0.1) is 12.1 Å². The summed E-state index contributed by atoms with van der Waals surface area (Å²) in [5, 5.41) is 9.61. The minimum absolute atomic E-state index is 0.173. The lowest BCUT2D eigenvalue weighted by molar-refractivity contribution is -0.137. The largest absolute Gasteiger partial charge is 0.489 e. The summed E-state index contributed by atoms with van der Waals surface area (Å²) in [5.41, 5.74) is 6.43. The van der Waals surface area contributed by atoms with Crippen LogP contribution in [0.3, 0.4) is 0 Å². The average molecular weight is 437 g/mol. The molecule has 3 aromatic rings. The zero-order valence-electron chi connectivity index (χ0n) is 17.5. The zero-order valence-corrected chi connectivity index (χ0v) is 18.2. The molecule has 4 rings (SSSR count). The molecule has 0 fully saturated rings. The highest BCUT2D eigenvalue weighted by Gasteiger charge is 2.18. The molecule has 0 atom stereocenters. The lowest BCUT2D eigenvalue weighted by atomic mass is 10.0.